The second kappa shape index (κ2) is 14.3. The lowest BCUT2D eigenvalue weighted by atomic mass is 10.2. The highest BCUT2D eigenvalue weighted by atomic mass is 35.5. The van der Waals surface area contributed by atoms with Crippen molar-refractivity contribution in [2.75, 3.05) is 65.0 Å². The van der Waals surface area contributed by atoms with Crippen molar-refractivity contribution >= 4 is 45.9 Å². The van der Waals surface area contributed by atoms with E-state index in [1.54, 1.807) is 19.2 Å². The van der Waals surface area contributed by atoms with Crippen molar-refractivity contribution in [1.82, 2.24) is 29.8 Å². The van der Waals surface area contributed by atoms with E-state index < -0.39 is 17.6 Å². The number of benzene rings is 2. The summed E-state index contributed by atoms with van der Waals surface area (Å²) in [7, 11) is 1.71. The molecule has 2 heterocycles. The summed E-state index contributed by atoms with van der Waals surface area (Å²) >= 11 is 5.83. The zero-order valence-corrected chi connectivity index (χ0v) is 25.5. The van der Waals surface area contributed by atoms with Crippen molar-refractivity contribution in [2.45, 2.75) is 32.0 Å². The number of ether oxygens (including phenoxy) is 1. The summed E-state index contributed by atoms with van der Waals surface area (Å²) in [5, 5.41) is 11.0. The zero-order valence-electron chi connectivity index (χ0n) is 24.7. The van der Waals surface area contributed by atoms with Crippen LogP contribution in [0.15, 0.2) is 36.4 Å². The van der Waals surface area contributed by atoms with Gasteiger partial charge in [-0.15, -0.1) is 0 Å². The predicted octanol–water partition coefficient (Wildman–Crippen LogP) is 1.87. The van der Waals surface area contributed by atoms with Gasteiger partial charge < -0.3 is 26.0 Å². The highest BCUT2D eigenvalue weighted by Gasteiger charge is 2.34. The van der Waals surface area contributed by atoms with Gasteiger partial charge in [0.15, 0.2) is 5.69 Å². The quantitative estimate of drug-likeness (QED) is 0.246. The molecule has 3 amide bonds. The Bertz CT molecular complexity index is 1510. The number of nitrogens with zero attached hydrogens (tertiary/aromatic N) is 5. The van der Waals surface area contributed by atoms with Gasteiger partial charge >= 0.3 is 0 Å². The number of piperazine rings is 1. The number of amides is 3. The third-order valence-electron chi connectivity index (χ3n) is 7.98. The van der Waals surface area contributed by atoms with E-state index in [0.717, 1.165) is 57.9 Å². The maximum Gasteiger partial charge on any atom is 0.269 e. The first-order chi connectivity index (χ1) is 21.2. The molecule has 0 radical (unpaired) electrons. The zero-order chi connectivity index (χ0) is 31.2. The molecule has 1 aliphatic heterocycles. The first-order valence-electron chi connectivity index (χ1n) is 14.7. The van der Waals surface area contributed by atoms with Gasteiger partial charge in [-0.2, -0.15) is 5.10 Å². The van der Waals surface area contributed by atoms with Crippen LogP contribution in [0.4, 0.5) is 10.1 Å². The lowest BCUT2D eigenvalue weighted by Gasteiger charge is -2.34. The second-order valence-electron chi connectivity index (χ2n) is 11.1. The van der Waals surface area contributed by atoms with Crippen LogP contribution in [0.3, 0.4) is 0 Å². The minimum absolute atomic E-state index is 0.0244. The molecular formula is C30H38ClFN8O4. The van der Waals surface area contributed by atoms with Crippen molar-refractivity contribution in [3.05, 3.63) is 58.5 Å². The average Bonchev–Trinajstić information content (AvgIpc) is 3.80. The van der Waals surface area contributed by atoms with Gasteiger partial charge in [-0.3, -0.25) is 28.9 Å². The number of halogens is 2. The molecule has 5 rings (SSSR count). The standard InChI is InChI=1S/C30H38ClFN8O4/c1-44-14-13-37-9-11-38(12-10-37)19-35-21-5-8-25-23(15-21)29(30(33)43)36-40(25)18-27(42)39(22-6-7-22)17-26(41)34-16-20-3-2-4-24(31)28(20)32/h2-5,8,15,22,35H,6-7,9-14,16-19H2,1H3,(H2,33,43)(H,34,41). The van der Waals surface area contributed by atoms with Crippen molar-refractivity contribution in [1.29, 1.82) is 0 Å². The third-order valence-corrected chi connectivity index (χ3v) is 8.27. The van der Waals surface area contributed by atoms with E-state index in [0.29, 0.717) is 17.6 Å². The van der Waals surface area contributed by atoms with Crippen LogP contribution in [0.25, 0.3) is 10.9 Å². The van der Waals surface area contributed by atoms with Gasteiger partial charge in [0, 0.05) is 69.1 Å². The SMILES string of the molecule is COCCN1CCN(CNc2ccc3c(c2)c(C(N)=O)nn3CC(=O)N(CC(=O)NCc2cccc(Cl)c2F)C2CC2)CC1. The number of anilines is 1. The van der Waals surface area contributed by atoms with Crippen molar-refractivity contribution in [3.8, 4) is 0 Å². The highest BCUT2D eigenvalue weighted by Crippen LogP contribution is 2.28. The van der Waals surface area contributed by atoms with E-state index in [1.807, 2.05) is 12.1 Å². The summed E-state index contributed by atoms with van der Waals surface area (Å²) in [5.41, 5.74) is 7.38. The van der Waals surface area contributed by atoms with E-state index in [-0.39, 0.29) is 47.9 Å². The Labute approximate surface area is 260 Å². The minimum Gasteiger partial charge on any atom is -0.383 e. The van der Waals surface area contributed by atoms with Crippen LogP contribution in [0, 0.1) is 5.82 Å². The van der Waals surface area contributed by atoms with Crippen LogP contribution in [-0.4, -0.2) is 108 Å². The molecule has 12 nitrogen and oxygen atoms in total. The molecule has 1 saturated carbocycles. The molecule has 4 N–H and O–H groups in total. The molecule has 2 aromatic carbocycles. The van der Waals surface area contributed by atoms with E-state index in [4.69, 9.17) is 22.1 Å². The molecule has 0 bridgehead atoms. The van der Waals surface area contributed by atoms with Crippen LogP contribution < -0.4 is 16.4 Å². The van der Waals surface area contributed by atoms with E-state index in [1.165, 1.54) is 21.7 Å². The number of hydrogen-bond acceptors (Lipinski definition) is 8. The molecule has 3 aromatic rings. The Kier molecular flexibility index (Phi) is 10.3. The number of carbonyl (C=O) groups excluding carboxylic acids is 3. The van der Waals surface area contributed by atoms with E-state index in [9.17, 15) is 18.8 Å². The van der Waals surface area contributed by atoms with Crippen molar-refractivity contribution in [2.24, 2.45) is 5.73 Å². The molecule has 1 aromatic heterocycles. The Morgan fingerprint density at radius 1 is 1.14 bits per heavy atom. The van der Waals surface area contributed by atoms with Gasteiger partial charge in [0.25, 0.3) is 5.91 Å². The van der Waals surface area contributed by atoms with Crippen LogP contribution in [0.2, 0.25) is 5.02 Å². The molecule has 0 atom stereocenters. The van der Waals surface area contributed by atoms with Crippen molar-refractivity contribution in [3.63, 3.8) is 0 Å². The fourth-order valence-corrected chi connectivity index (χ4v) is 5.50. The lowest BCUT2D eigenvalue weighted by Crippen LogP contribution is -2.48. The lowest BCUT2D eigenvalue weighted by molar-refractivity contribution is -0.137. The Morgan fingerprint density at radius 2 is 1.89 bits per heavy atom. The number of carbonyl (C=O) groups is 3. The molecule has 1 aliphatic carbocycles. The smallest absolute Gasteiger partial charge is 0.269 e. The van der Waals surface area contributed by atoms with Gasteiger partial charge in [-0.1, -0.05) is 23.7 Å². The molecule has 2 aliphatic rings. The summed E-state index contributed by atoms with van der Waals surface area (Å²) in [4.78, 5) is 44.6. The maximum atomic E-state index is 14.2. The minimum atomic E-state index is -0.697. The second-order valence-corrected chi connectivity index (χ2v) is 11.5. The molecule has 2 fully saturated rings. The monoisotopic (exact) mass is 628 g/mol. The summed E-state index contributed by atoms with van der Waals surface area (Å²) in [6, 6.07) is 10.0. The number of primary amides is 1. The van der Waals surface area contributed by atoms with E-state index in [2.05, 4.69) is 25.5 Å². The molecule has 1 saturated heterocycles. The van der Waals surface area contributed by atoms with E-state index >= 15 is 0 Å². The molecule has 0 spiro atoms. The Morgan fingerprint density at radius 3 is 2.59 bits per heavy atom. The summed E-state index contributed by atoms with van der Waals surface area (Å²) in [6.07, 6.45) is 1.57. The van der Waals surface area contributed by atoms with Crippen LogP contribution in [0.1, 0.15) is 28.9 Å². The fourth-order valence-electron chi connectivity index (χ4n) is 5.30. The molecule has 0 unspecified atom stereocenters. The van der Waals surface area contributed by atoms with Gasteiger partial charge in [-0.05, 0) is 37.1 Å². The largest absolute Gasteiger partial charge is 0.383 e. The number of hydrogen-bond donors (Lipinski definition) is 3. The molecule has 14 heteroatoms. The summed E-state index contributed by atoms with van der Waals surface area (Å²) < 4.78 is 20.8. The van der Waals surface area contributed by atoms with Crippen LogP contribution in [0.5, 0.6) is 0 Å². The first kappa shape index (κ1) is 31.6. The fraction of sp³-hybridized carbons (Fsp3) is 0.467. The Balaban J connectivity index is 1.21. The third kappa shape index (κ3) is 7.83. The normalized spacial score (nSPS) is 15.8. The van der Waals surface area contributed by atoms with Gasteiger partial charge in [0.1, 0.15) is 12.4 Å². The average molecular weight is 629 g/mol. The van der Waals surface area contributed by atoms with Crippen molar-refractivity contribution < 1.29 is 23.5 Å². The Hall–Kier alpha value is -3.78. The van der Waals surface area contributed by atoms with Crippen LogP contribution >= 0.6 is 11.6 Å². The summed E-state index contributed by atoms with van der Waals surface area (Å²) in [5.74, 6) is -2.02. The number of rotatable bonds is 14. The highest BCUT2D eigenvalue weighted by molar-refractivity contribution is 6.30. The number of aromatic nitrogens is 2. The molecule has 236 valence electrons. The van der Waals surface area contributed by atoms with Gasteiger partial charge in [0.05, 0.1) is 30.4 Å². The predicted molar refractivity (Wildman–Crippen MR) is 165 cm³/mol. The number of nitrogens with one attached hydrogen (secondary N) is 2. The topological polar surface area (TPSA) is 138 Å². The molecule has 44 heavy (non-hydrogen) atoms. The first-order valence-corrected chi connectivity index (χ1v) is 15.1. The number of nitrogens with two attached hydrogens (primary N) is 1. The summed E-state index contributed by atoms with van der Waals surface area (Å²) in [6.45, 7) is 5.69. The van der Waals surface area contributed by atoms with Gasteiger partial charge in [-0.25, -0.2) is 4.39 Å². The van der Waals surface area contributed by atoms with Crippen LogP contribution in [-0.2, 0) is 27.4 Å². The number of fused-ring (bicyclic) bond motifs is 1. The maximum absolute atomic E-state index is 14.2. The molecular weight excluding hydrogens is 591 g/mol. The van der Waals surface area contributed by atoms with Gasteiger partial charge in [0.2, 0.25) is 11.8 Å². The number of methoxy groups -OCH3 is 1.